The Hall–Kier alpha value is -3.33. The summed E-state index contributed by atoms with van der Waals surface area (Å²) in [7, 11) is 0. The summed E-state index contributed by atoms with van der Waals surface area (Å²) in [5.74, 6) is -0.659. The van der Waals surface area contributed by atoms with E-state index in [1.165, 1.54) is 12.1 Å². The third-order valence-electron chi connectivity index (χ3n) is 6.09. The third kappa shape index (κ3) is 5.36. The normalized spacial score (nSPS) is 16.1. The third-order valence-corrected chi connectivity index (χ3v) is 6.32. The molecule has 2 aliphatic rings. The summed E-state index contributed by atoms with van der Waals surface area (Å²) in [6, 6.07) is 11.9. The number of rotatable bonds is 6. The van der Waals surface area contributed by atoms with Gasteiger partial charge in [-0.1, -0.05) is 17.7 Å². The number of hydrogen-bond acceptors (Lipinski definition) is 6. The van der Waals surface area contributed by atoms with Crippen molar-refractivity contribution in [3.05, 3.63) is 63.2 Å². The summed E-state index contributed by atoms with van der Waals surface area (Å²) >= 11 is 6.07. The van der Waals surface area contributed by atoms with Crippen LogP contribution in [0.15, 0.2) is 42.5 Å². The van der Waals surface area contributed by atoms with Crippen LogP contribution in [0.5, 0.6) is 0 Å². The van der Waals surface area contributed by atoms with Crippen molar-refractivity contribution >= 4 is 40.5 Å². The van der Waals surface area contributed by atoms with Gasteiger partial charge in [-0.15, -0.1) is 0 Å². The summed E-state index contributed by atoms with van der Waals surface area (Å²) in [6.45, 7) is 3.86. The van der Waals surface area contributed by atoms with Gasteiger partial charge in [0.05, 0.1) is 22.7 Å². The van der Waals surface area contributed by atoms with Gasteiger partial charge in [0.15, 0.2) is 0 Å². The van der Waals surface area contributed by atoms with E-state index in [9.17, 15) is 19.7 Å². The lowest BCUT2D eigenvalue weighted by Gasteiger charge is -2.36. The van der Waals surface area contributed by atoms with Gasteiger partial charge < -0.3 is 20.0 Å². The fourth-order valence-corrected chi connectivity index (χ4v) is 4.49. The fraction of sp³-hybridized carbons (Fsp3) is 0.391. The second kappa shape index (κ2) is 10.1. The van der Waals surface area contributed by atoms with Crippen molar-refractivity contribution < 1.29 is 14.5 Å². The molecular formula is C23H26ClN5O4. The molecule has 10 heteroatoms. The number of non-ortho nitro benzene ring substituents is 1. The van der Waals surface area contributed by atoms with Crippen LogP contribution in [0.1, 0.15) is 23.2 Å². The Kier molecular flexibility index (Phi) is 6.98. The van der Waals surface area contributed by atoms with E-state index in [0.29, 0.717) is 36.9 Å². The maximum atomic E-state index is 12.9. The van der Waals surface area contributed by atoms with E-state index in [1.54, 1.807) is 11.0 Å². The molecule has 0 unspecified atom stereocenters. The van der Waals surface area contributed by atoms with Gasteiger partial charge in [-0.3, -0.25) is 19.7 Å². The number of nitro groups is 1. The number of anilines is 2. The Labute approximate surface area is 197 Å². The zero-order valence-corrected chi connectivity index (χ0v) is 19.0. The van der Waals surface area contributed by atoms with Crippen molar-refractivity contribution in [2.45, 2.75) is 12.8 Å². The van der Waals surface area contributed by atoms with Crippen LogP contribution >= 0.6 is 11.6 Å². The van der Waals surface area contributed by atoms with Crippen LogP contribution in [0.4, 0.5) is 17.1 Å². The molecule has 2 aromatic carbocycles. The van der Waals surface area contributed by atoms with E-state index in [0.717, 1.165) is 31.6 Å². The van der Waals surface area contributed by atoms with Gasteiger partial charge >= 0.3 is 0 Å². The molecule has 4 rings (SSSR count). The largest absolute Gasteiger partial charge is 0.371 e. The quantitative estimate of drug-likeness (QED) is 0.513. The Balaban J connectivity index is 1.36. The van der Waals surface area contributed by atoms with Gasteiger partial charge in [-0.05, 0) is 37.1 Å². The van der Waals surface area contributed by atoms with E-state index in [4.69, 9.17) is 11.6 Å². The molecule has 0 bridgehead atoms. The van der Waals surface area contributed by atoms with Crippen molar-refractivity contribution in [2.75, 3.05) is 55.6 Å². The molecule has 0 saturated carbocycles. The van der Waals surface area contributed by atoms with Crippen LogP contribution in [0.3, 0.4) is 0 Å². The van der Waals surface area contributed by atoms with E-state index in [1.807, 2.05) is 24.3 Å². The molecule has 2 aliphatic heterocycles. The summed E-state index contributed by atoms with van der Waals surface area (Å²) < 4.78 is 0. The number of piperazine rings is 1. The molecule has 0 aliphatic carbocycles. The minimum absolute atomic E-state index is 0.147. The average Bonchev–Trinajstić information content (AvgIpc) is 3.37. The van der Waals surface area contributed by atoms with Crippen molar-refractivity contribution in [1.82, 2.24) is 10.2 Å². The first kappa shape index (κ1) is 22.8. The van der Waals surface area contributed by atoms with E-state index >= 15 is 0 Å². The first-order chi connectivity index (χ1) is 15.9. The summed E-state index contributed by atoms with van der Waals surface area (Å²) in [5, 5.41) is 14.6. The highest BCUT2D eigenvalue weighted by Gasteiger charge is 2.25. The minimum atomic E-state index is -0.519. The maximum Gasteiger partial charge on any atom is 0.270 e. The molecule has 2 heterocycles. The summed E-state index contributed by atoms with van der Waals surface area (Å²) in [4.78, 5) is 42.2. The zero-order valence-electron chi connectivity index (χ0n) is 18.2. The Morgan fingerprint density at radius 1 is 0.970 bits per heavy atom. The molecular weight excluding hydrogens is 446 g/mol. The van der Waals surface area contributed by atoms with Crippen LogP contribution in [0.25, 0.3) is 0 Å². The standard InChI is InChI=1S/C23H26ClN5O4/c24-17-4-3-5-18(14-17)26-10-12-28(13-11-26)22(30)16-25-23(31)20-15-19(29(32)33)6-7-21(20)27-8-1-2-9-27/h3-7,14-15H,1-2,8-13,16H2,(H,25,31). The van der Waals surface area contributed by atoms with E-state index in [2.05, 4.69) is 15.1 Å². The molecule has 2 saturated heterocycles. The minimum Gasteiger partial charge on any atom is -0.371 e. The highest BCUT2D eigenvalue weighted by atomic mass is 35.5. The molecule has 33 heavy (non-hydrogen) atoms. The molecule has 0 spiro atoms. The number of hydrogen-bond donors (Lipinski definition) is 1. The van der Waals surface area contributed by atoms with Gasteiger partial charge in [0.1, 0.15) is 0 Å². The highest BCUT2D eigenvalue weighted by Crippen LogP contribution is 2.28. The second-order valence-corrected chi connectivity index (χ2v) is 8.62. The molecule has 2 aromatic rings. The lowest BCUT2D eigenvalue weighted by Crippen LogP contribution is -2.51. The zero-order chi connectivity index (χ0) is 23.4. The first-order valence-electron chi connectivity index (χ1n) is 11.0. The number of benzene rings is 2. The number of carbonyl (C=O) groups is 2. The molecule has 0 atom stereocenters. The number of nitro benzene ring substituents is 1. The predicted molar refractivity (Wildman–Crippen MR) is 127 cm³/mol. The number of nitrogens with zero attached hydrogens (tertiary/aromatic N) is 4. The second-order valence-electron chi connectivity index (χ2n) is 8.18. The SMILES string of the molecule is O=C(NCC(=O)N1CCN(c2cccc(Cl)c2)CC1)c1cc([N+](=O)[O-])ccc1N1CCCC1. The average molecular weight is 472 g/mol. The first-order valence-corrected chi connectivity index (χ1v) is 11.4. The van der Waals surface area contributed by atoms with Crippen molar-refractivity contribution in [3.63, 3.8) is 0 Å². The van der Waals surface area contributed by atoms with Crippen molar-refractivity contribution in [1.29, 1.82) is 0 Å². The Morgan fingerprint density at radius 2 is 1.70 bits per heavy atom. The Bertz CT molecular complexity index is 1050. The van der Waals surface area contributed by atoms with Crippen molar-refractivity contribution in [3.8, 4) is 0 Å². The van der Waals surface area contributed by atoms with Gasteiger partial charge in [-0.2, -0.15) is 0 Å². The predicted octanol–water partition coefficient (Wildman–Crippen LogP) is 2.93. The van der Waals surface area contributed by atoms with Crippen LogP contribution in [0, 0.1) is 10.1 Å². The number of carbonyl (C=O) groups excluding carboxylic acids is 2. The molecule has 2 fully saturated rings. The van der Waals surface area contributed by atoms with Crippen LogP contribution < -0.4 is 15.1 Å². The lowest BCUT2D eigenvalue weighted by molar-refractivity contribution is -0.384. The monoisotopic (exact) mass is 471 g/mol. The molecule has 2 amide bonds. The van der Waals surface area contributed by atoms with Crippen LogP contribution in [0.2, 0.25) is 5.02 Å². The number of amides is 2. The number of halogens is 1. The molecule has 1 N–H and O–H groups in total. The number of nitrogens with one attached hydrogen (secondary N) is 1. The van der Waals surface area contributed by atoms with Gasteiger partial charge in [-0.25, -0.2) is 0 Å². The summed E-state index contributed by atoms with van der Waals surface area (Å²) in [6.07, 6.45) is 2.02. The molecule has 174 valence electrons. The van der Waals surface area contributed by atoms with Gasteiger partial charge in [0.25, 0.3) is 11.6 Å². The van der Waals surface area contributed by atoms with E-state index < -0.39 is 10.8 Å². The smallest absolute Gasteiger partial charge is 0.270 e. The topological polar surface area (TPSA) is 99.0 Å². The lowest BCUT2D eigenvalue weighted by atomic mass is 10.1. The molecule has 0 radical (unpaired) electrons. The van der Waals surface area contributed by atoms with Crippen LogP contribution in [-0.2, 0) is 4.79 Å². The van der Waals surface area contributed by atoms with E-state index in [-0.39, 0.29) is 23.7 Å². The van der Waals surface area contributed by atoms with Crippen molar-refractivity contribution in [2.24, 2.45) is 0 Å². The highest BCUT2D eigenvalue weighted by molar-refractivity contribution is 6.30. The maximum absolute atomic E-state index is 12.9. The van der Waals surface area contributed by atoms with Gasteiger partial charge in [0, 0.05) is 62.1 Å². The Morgan fingerprint density at radius 3 is 2.36 bits per heavy atom. The fourth-order valence-electron chi connectivity index (χ4n) is 4.30. The molecule has 0 aromatic heterocycles. The summed E-state index contributed by atoms with van der Waals surface area (Å²) in [5.41, 5.74) is 1.76. The molecule has 9 nitrogen and oxygen atoms in total. The van der Waals surface area contributed by atoms with Gasteiger partial charge in [0.2, 0.25) is 5.91 Å². The van der Waals surface area contributed by atoms with Crippen LogP contribution in [-0.4, -0.2) is 67.5 Å².